The van der Waals surface area contributed by atoms with Crippen LogP contribution < -0.4 is 21.2 Å². The van der Waals surface area contributed by atoms with Crippen molar-refractivity contribution < 1.29 is 21.2 Å². The van der Waals surface area contributed by atoms with Crippen LogP contribution >= 0.6 is 0 Å². The Bertz CT molecular complexity index is 57.6. The Labute approximate surface area is 69.7 Å². The predicted molar refractivity (Wildman–Crippen MR) is 39.5 cm³/mol. The average Bonchev–Trinajstić information content (AvgIpc) is 1.90. The van der Waals surface area contributed by atoms with Crippen LogP contribution in [0.4, 0.5) is 0 Å². The topological polar surface area (TPSA) is 0 Å². The van der Waals surface area contributed by atoms with Crippen molar-refractivity contribution in [2.45, 2.75) is 37.5 Å². The van der Waals surface area contributed by atoms with Gasteiger partial charge in [-0.3, -0.25) is 0 Å². The second-order valence-electron chi connectivity index (χ2n) is 2.53. The zero-order valence-electron chi connectivity index (χ0n) is 6.95. The molecule has 0 fully saturated rings. The van der Waals surface area contributed by atoms with Gasteiger partial charge in [0.1, 0.15) is 0 Å². The van der Waals surface area contributed by atoms with Gasteiger partial charge in [-0.1, -0.05) is 0 Å². The van der Waals surface area contributed by atoms with Crippen molar-refractivity contribution in [2.75, 3.05) is 4.93 Å². The maximum absolute atomic E-state index is 2.40. The van der Waals surface area contributed by atoms with Crippen LogP contribution in [0.25, 0.3) is 0 Å². The minimum absolute atomic E-state index is 0.495. The quantitative estimate of drug-likeness (QED) is 0.461. The molecular weight excluding hydrogens is 223 g/mol. The summed E-state index contributed by atoms with van der Waals surface area (Å²) in [5.41, 5.74) is 0. The zero-order chi connectivity index (χ0) is 7.28. The summed E-state index contributed by atoms with van der Waals surface area (Å²) in [4.78, 5) is 2.40. The molecule has 9 heavy (non-hydrogen) atoms. The van der Waals surface area contributed by atoms with Gasteiger partial charge in [0, 0.05) is 0 Å². The van der Waals surface area contributed by atoms with Gasteiger partial charge in [0.2, 0.25) is 0 Å². The van der Waals surface area contributed by atoms with Crippen molar-refractivity contribution >= 4 is 0 Å². The molecule has 0 saturated heterocycles. The molecule has 0 nitrogen and oxygen atoms in total. The maximum atomic E-state index is 2.40. The van der Waals surface area contributed by atoms with Crippen molar-refractivity contribution in [1.82, 2.24) is 0 Å². The fourth-order valence-corrected chi connectivity index (χ4v) is 3.64. The Kier molecular flexibility index (Phi) is 5.96. The van der Waals surface area contributed by atoms with E-state index in [0.29, 0.717) is 21.2 Å². The van der Waals surface area contributed by atoms with E-state index in [-0.39, 0.29) is 0 Å². The molecule has 0 aromatic rings. The van der Waals surface area contributed by atoms with Gasteiger partial charge in [0.15, 0.2) is 0 Å². The molecule has 2 unspecified atom stereocenters. The normalized spacial score (nSPS) is 17.8. The van der Waals surface area contributed by atoms with Crippen LogP contribution in [0.5, 0.6) is 0 Å². The Morgan fingerprint density at radius 1 is 1.22 bits per heavy atom. The molecule has 0 N–H and O–H groups in total. The van der Waals surface area contributed by atoms with E-state index < -0.39 is 0 Å². The molecule has 0 radical (unpaired) electrons. The second-order valence-corrected chi connectivity index (χ2v) is 5.37. The van der Waals surface area contributed by atoms with Crippen LogP contribution in [0, 0.1) is 5.92 Å². The van der Waals surface area contributed by atoms with Gasteiger partial charge in [-0.2, -0.15) is 0 Å². The molecule has 0 aliphatic carbocycles. The van der Waals surface area contributed by atoms with E-state index in [9.17, 15) is 0 Å². The Hall–Kier alpha value is 0.730. The summed E-state index contributed by atoms with van der Waals surface area (Å²) in [5, 5.41) is 0. The molecule has 0 amide bonds. The first-order chi connectivity index (χ1) is 4.26. The first-order valence-electron chi connectivity index (χ1n) is 3.74. The number of hydrogen-bond donors (Lipinski definition) is 0. The summed E-state index contributed by atoms with van der Waals surface area (Å²) in [5.74, 6) is 0.979. The van der Waals surface area contributed by atoms with Gasteiger partial charge in [-0.25, -0.2) is 0 Å². The molecule has 2 atom stereocenters. The molecule has 1 heteroatoms. The van der Waals surface area contributed by atoms with Crippen molar-refractivity contribution in [2.24, 2.45) is 5.92 Å². The van der Waals surface area contributed by atoms with E-state index in [2.05, 4.69) is 25.7 Å². The van der Waals surface area contributed by atoms with Gasteiger partial charge in [-0.05, 0) is 0 Å². The molecule has 58 valence electrons. The SMILES string of the molecule is CCC(C)C(CC)[I-]C. The second kappa shape index (κ2) is 5.51. The fourth-order valence-electron chi connectivity index (χ4n) is 1.03. The molecule has 0 aliphatic rings. The van der Waals surface area contributed by atoms with E-state index in [1.54, 1.807) is 0 Å². The predicted octanol–water partition coefficient (Wildman–Crippen LogP) is -0.470. The Morgan fingerprint density at radius 3 is 1.89 bits per heavy atom. The van der Waals surface area contributed by atoms with Crippen LogP contribution in [0.15, 0.2) is 0 Å². The van der Waals surface area contributed by atoms with Crippen LogP contribution in [-0.4, -0.2) is 8.86 Å². The Balaban J connectivity index is 3.50. The van der Waals surface area contributed by atoms with Crippen LogP contribution in [-0.2, 0) is 0 Å². The summed E-state index contributed by atoms with van der Waals surface area (Å²) in [6.07, 6.45) is 2.77. The molecule has 0 heterocycles. The number of alkyl halides is 2. The standard InChI is InChI=1S/C8H18I/c1-5-7(3)8(6-2)9-4/h7-8H,5-6H2,1-4H3/q-1. The third kappa shape index (κ3) is 3.43. The minimum atomic E-state index is 0.495. The molecular formula is C8H18I-. The van der Waals surface area contributed by atoms with E-state index in [1.807, 2.05) is 0 Å². The monoisotopic (exact) mass is 241 g/mol. The van der Waals surface area contributed by atoms with Gasteiger partial charge in [0.05, 0.1) is 0 Å². The van der Waals surface area contributed by atoms with E-state index in [4.69, 9.17) is 0 Å². The van der Waals surface area contributed by atoms with E-state index in [1.165, 1.54) is 12.8 Å². The Morgan fingerprint density at radius 2 is 1.78 bits per heavy atom. The number of rotatable bonds is 4. The summed E-state index contributed by atoms with van der Waals surface area (Å²) < 4.78 is 1.08. The number of hydrogen-bond acceptors (Lipinski definition) is 0. The molecule has 0 bridgehead atoms. The van der Waals surface area contributed by atoms with Crippen LogP contribution in [0.3, 0.4) is 0 Å². The summed E-state index contributed by atoms with van der Waals surface area (Å²) in [6, 6.07) is 0. The average molecular weight is 241 g/mol. The van der Waals surface area contributed by atoms with Crippen molar-refractivity contribution in [1.29, 1.82) is 0 Å². The first-order valence-corrected chi connectivity index (χ1v) is 7.14. The zero-order valence-corrected chi connectivity index (χ0v) is 9.10. The molecule has 0 aromatic heterocycles. The van der Waals surface area contributed by atoms with Gasteiger partial charge >= 0.3 is 69.6 Å². The summed E-state index contributed by atoms with van der Waals surface area (Å²) >= 11 is 0.495. The van der Waals surface area contributed by atoms with Crippen LogP contribution in [0.2, 0.25) is 0 Å². The summed E-state index contributed by atoms with van der Waals surface area (Å²) in [7, 11) is 0. The van der Waals surface area contributed by atoms with Crippen molar-refractivity contribution in [3.63, 3.8) is 0 Å². The van der Waals surface area contributed by atoms with Crippen molar-refractivity contribution in [3.05, 3.63) is 0 Å². The van der Waals surface area contributed by atoms with Gasteiger partial charge < -0.3 is 0 Å². The third-order valence-electron chi connectivity index (χ3n) is 1.93. The molecule has 0 saturated carbocycles. The number of halogens is 1. The van der Waals surface area contributed by atoms with Crippen molar-refractivity contribution in [3.8, 4) is 0 Å². The van der Waals surface area contributed by atoms with Gasteiger partial charge in [-0.15, -0.1) is 0 Å². The molecule has 0 rings (SSSR count). The first kappa shape index (κ1) is 9.73. The third-order valence-corrected chi connectivity index (χ3v) is 5.64. The van der Waals surface area contributed by atoms with E-state index in [0.717, 1.165) is 9.84 Å². The van der Waals surface area contributed by atoms with Crippen LogP contribution in [0.1, 0.15) is 33.6 Å². The van der Waals surface area contributed by atoms with Gasteiger partial charge in [0.25, 0.3) is 0 Å². The fraction of sp³-hybridized carbons (Fsp3) is 1.00. The molecule has 0 spiro atoms. The molecule has 0 aliphatic heterocycles. The van der Waals surface area contributed by atoms with E-state index >= 15 is 0 Å². The summed E-state index contributed by atoms with van der Waals surface area (Å²) in [6.45, 7) is 7.00. The molecule has 0 aromatic carbocycles.